The van der Waals surface area contributed by atoms with Crippen LogP contribution in [0.25, 0.3) is 0 Å². The Morgan fingerprint density at radius 2 is 2.00 bits per heavy atom. The number of carbonyl (C=O) groups excluding carboxylic acids is 1. The van der Waals surface area contributed by atoms with Crippen molar-refractivity contribution in [3.8, 4) is 0 Å². The fourth-order valence-electron chi connectivity index (χ4n) is 1.49. The van der Waals surface area contributed by atoms with Gasteiger partial charge in [-0.2, -0.15) is 0 Å². The molecule has 3 nitrogen and oxygen atoms in total. The topological polar surface area (TPSA) is 29.5 Å². The van der Waals surface area contributed by atoms with E-state index in [9.17, 15) is 4.79 Å². The van der Waals surface area contributed by atoms with Gasteiger partial charge in [0.25, 0.3) is 0 Å². The van der Waals surface area contributed by atoms with Gasteiger partial charge in [0, 0.05) is 19.2 Å². The van der Waals surface area contributed by atoms with E-state index in [2.05, 4.69) is 4.90 Å². The van der Waals surface area contributed by atoms with Crippen LogP contribution in [0.15, 0.2) is 30.3 Å². The third kappa shape index (κ3) is 4.13. The number of methoxy groups -OCH3 is 1. The molecule has 0 saturated carbocycles. The predicted molar refractivity (Wildman–Crippen MR) is 64.8 cm³/mol. The molecule has 0 atom stereocenters. The van der Waals surface area contributed by atoms with E-state index >= 15 is 0 Å². The SMILES string of the molecule is CCN(CCOC)CC(=O)c1ccccc1. The van der Waals surface area contributed by atoms with Crippen LogP contribution in [0.4, 0.5) is 0 Å². The third-order valence-electron chi connectivity index (χ3n) is 2.52. The summed E-state index contributed by atoms with van der Waals surface area (Å²) in [4.78, 5) is 14.0. The van der Waals surface area contributed by atoms with Crippen molar-refractivity contribution in [1.29, 1.82) is 0 Å². The Bertz CT molecular complexity index is 311. The van der Waals surface area contributed by atoms with Crippen molar-refractivity contribution in [3.63, 3.8) is 0 Å². The Balaban J connectivity index is 2.49. The normalized spacial score (nSPS) is 10.7. The van der Waals surface area contributed by atoms with Crippen molar-refractivity contribution in [2.24, 2.45) is 0 Å². The molecule has 0 aliphatic heterocycles. The minimum atomic E-state index is 0.165. The molecular weight excluding hydrogens is 202 g/mol. The Labute approximate surface area is 97.0 Å². The van der Waals surface area contributed by atoms with Gasteiger partial charge in [0.05, 0.1) is 13.2 Å². The molecule has 88 valence electrons. The van der Waals surface area contributed by atoms with Gasteiger partial charge in [-0.1, -0.05) is 37.3 Å². The first kappa shape index (κ1) is 12.9. The smallest absolute Gasteiger partial charge is 0.176 e. The molecule has 0 amide bonds. The number of hydrogen-bond acceptors (Lipinski definition) is 3. The van der Waals surface area contributed by atoms with E-state index < -0.39 is 0 Å². The number of ether oxygens (including phenoxy) is 1. The van der Waals surface area contributed by atoms with E-state index in [1.165, 1.54) is 0 Å². The predicted octanol–water partition coefficient (Wildman–Crippen LogP) is 1.84. The summed E-state index contributed by atoms with van der Waals surface area (Å²) >= 11 is 0. The second-order valence-electron chi connectivity index (χ2n) is 3.65. The highest BCUT2D eigenvalue weighted by Crippen LogP contribution is 2.01. The zero-order valence-electron chi connectivity index (χ0n) is 9.98. The van der Waals surface area contributed by atoms with Crippen LogP contribution >= 0.6 is 0 Å². The molecule has 1 aromatic carbocycles. The lowest BCUT2D eigenvalue weighted by molar-refractivity contribution is 0.0902. The standard InChI is InChI=1S/C13H19NO2/c1-3-14(9-10-16-2)11-13(15)12-7-5-4-6-8-12/h4-8H,3,9-11H2,1-2H3. The van der Waals surface area contributed by atoms with Crippen molar-refractivity contribution in [3.05, 3.63) is 35.9 Å². The lowest BCUT2D eigenvalue weighted by atomic mass is 10.1. The highest BCUT2D eigenvalue weighted by Gasteiger charge is 2.10. The molecule has 0 saturated heterocycles. The van der Waals surface area contributed by atoms with E-state index in [1.807, 2.05) is 37.3 Å². The highest BCUT2D eigenvalue weighted by atomic mass is 16.5. The molecule has 1 rings (SSSR count). The van der Waals surface area contributed by atoms with E-state index in [1.54, 1.807) is 7.11 Å². The molecule has 0 bridgehead atoms. The molecule has 0 spiro atoms. The number of Topliss-reactive ketones (excluding diaryl/α,β-unsaturated/α-hetero) is 1. The van der Waals surface area contributed by atoms with Crippen LogP contribution in [-0.4, -0.2) is 44.0 Å². The fraction of sp³-hybridized carbons (Fsp3) is 0.462. The molecule has 0 fully saturated rings. The zero-order valence-corrected chi connectivity index (χ0v) is 9.98. The second kappa shape index (κ2) is 7.14. The first-order valence-corrected chi connectivity index (χ1v) is 5.57. The summed E-state index contributed by atoms with van der Waals surface area (Å²) in [5.41, 5.74) is 0.776. The molecule has 0 unspecified atom stereocenters. The monoisotopic (exact) mass is 221 g/mol. The molecule has 0 aliphatic rings. The van der Waals surface area contributed by atoms with Crippen LogP contribution in [0, 0.1) is 0 Å². The van der Waals surface area contributed by atoms with Crippen LogP contribution in [0.5, 0.6) is 0 Å². The first-order chi connectivity index (χ1) is 7.77. The molecule has 0 N–H and O–H groups in total. The van der Waals surface area contributed by atoms with Crippen LogP contribution in [0.1, 0.15) is 17.3 Å². The minimum Gasteiger partial charge on any atom is -0.383 e. The van der Waals surface area contributed by atoms with Crippen molar-refractivity contribution >= 4 is 5.78 Å². The summed E-state index contributed by atoms with van der Waals surface area (Å²) in [5.74, 6) is 0.165. The van der Waals surface area contributed by atoms with Gasteiger partial charge in [-0.25, -0.2) is 0 Å². The number of carbonyl (C=O) groups is 1. The number of rotatable bonds is 7. The fourth-order valence-corrected chi connectivity index (χ4v) is 1.49. The molecule has 0 aliphatic carbocycles. The number of likely N-dealkylation sites (N-methyl/N-ethyl adjacent to an activating group) is 1. The molecule has 0 heterocycles. The van der Waals surface area contributed by atoms with Crippen molar-refractivity contribution in [1.82, 2.24) is 4.90 Å². The summed E-state index contributed by atoms with van der Waals surface area (Å²) in [6, 6.07) is 9.40. The number of nitrogens with zero attached hydrogens (tertiary/aromatic N) is 1. The van der Waals surface area contributed by atoms with Crippen molar-refractivity contribution < 1.29 is 9.53 Å². The van der Waals surface area contributed by atoms with Gasteiger partial charge in [-0.3, -0.25) is 9.69 Å². The van der Waals surface area contributed by atoms with Gasteiger partial charge in [0.2, 0.25) is 0 Å². The summed E-state index contributed by atoms with van der Waals surface area (Å²) in [7, 11) is 1.67. The molecular formula is C13H19NO2. The van der Waals surface area contributed by atoms with Crippen LogP contribution in [-0.2, 0) is 4.74 Å². The minimum absolute atomic E-state index is 0.165. The van der Waals surface area contributed by atoms with Crippen LogP contribution in [0.3, 0.4) is 0 Å². The lowest BCUT2D eigenvalue weighted by Crippen LogP contribution is -2.32. The van der Waals surface area contributed by atoms with Crippen molar-refractivity contribution in [2.75, 3.05) is 33.4 Å². The highest BCUT2D eigenvalue weighted by molar-refractivity contribution is 5.97. The summed E-state index contributed by atoms with van der Waals surface area (Å²) in [5, 5.41) is 0. The first-order valence-electron chi connectivity index (χ1n) is 5.57. The average Bonchev–Trinajstić information content (AvgIpc) is 2.35. The maximum Gasteiger partial charge on any atom is 0.176 e. The van der Waals surface area contributed by atoms with Crippen LogP contribution in [0.2, 0.25) is 0 Å². The number of benzene rings is 1. The van der Waals surface area contributed by atoms with Crippen LogP contribution < -0.4 is 0 Å². The van der Waals surface area contributed by atoms with Gasteiger partial charge in [0.1, 0.15) is 0 Å². The summed E-state index contributed by atoms with van der Waals surface area (Å²) in [6.07, 6.45) is 0. The molecule has 1 aromatic rings. The van der Waals surface area contributed by atoms with Gasteiger partial charge in [0.15, 0.2) is 5.78 Å². The Morgan fingerprint density at radius 1 is 1.31 bits per heavy atom. The number of hydrogen-bond donors (Lipinski definition) is 0. The van der Waals surface area contributed by atoms with E-state index in [0.29, 0.717) is 13.2 Å². The van der Waals surface area contributed by atoms with Gasteiger partial charge < -0.3 is 4.74 Å². The molecule has 3 heteroatoms. The van der Waals surface area contributed by atoms with Crippen molar-refractivity contribution in [2.45, 2.75) is 6.92 Å². The van der Waals surface area contributed by atoms with E-state index in [-0.39, 0.29) is 5.78 Å². The maximum atomic E-state index is 11.9. The summed E-state index contributed by atoms with van der Waals surface area (Å²) < 4.78 is 5.01. The van der Waals surface area contributed by atoms with Gasteiger partial charge >= 0.3 is 0 Å². The second-order valence-corrected chi connectivity index (χ2v) is 3.65. The largest absolute Gasteiger partial charge is 0.383 e. The molecule has 0 aromatic heterocycles. The van der Waals surface area contributed by atoms with E-state index in [4.69, 9.17) is 4.74 Å². The zero-order chi connectivity index (χ0) is 11.8. The number of ketones is 1. The summed E-state index contributed by atoms with van der Waals surface area (Å²) in [6.45, 7) is 4.83. The molecule has 16 heavy (non-hydrogen) atoms. The quantitative estimate of drug-likeness (QED) is 0.658. The third-order valence-corrected chi connectivity index (χ3v) is 2.52. The Hall–Kier alpha value is -1.19. The average molecular weight is 221 g/mol. The van der Waals surface area contributed by atoms with Gasteiger partial charge in [-0.05, 0) is 6.54 Å². The Morgan fingerprint density at radius 3 is 2.56 bits per heavy atom. The maximum absolute atomic E-state index is 11.9. The molecule has 0 radical (unpaired) electrons. The van der Waals surface area contributed by atoms with Gasteiger partial charge in [-0.15, -0.1) is 0 Å². The van der Waals surface area contributed by atoms with E-state index in [0.717, 1.165) is 18.7 Å². The lowest BCUT2D eigenvalue weighted by Gasteiger charge is -2.18. The Kier molecular flexibility index (Phi) is 5.75.